The number of anilines is 1. The predicted octanol–water partition coefficient (Wildman–Crippen LogP) is 6.40. The number of amides is 1. The summed E-state index contributed by atoms with van der Waals surface area (Å²) in [5, 5.41) is 10.6. The van der Waals surface area contributed by atoms with Crippen molar-refractivity contribution in [2.45, 2.75) is 31.6 Å². The standard InChI is InChI=1S/C32H27N3O5S/c1-19(25-17-28(32(37)38)34-30-26(25)18-27(33-30)22-15-16-22)20-11-13-21(14-12-20)24-9-5-6-10-29(24)35(41(39)40)31(36)23-7-3-2-4-8-23/h2-14,17-19,22H,15-16H2,1H3,(H,33,34)(H,37,38)(H,39,40)/p-1. The number of aromatic carboxylic acids is 1. The molecule has 1 aliphatic carbocycles. The second-order valence-electron chi connectivity index (χ2n) is 10.2. The van der Waals surface area contributed by atoms with Gasteiger partial charge < -0.3 is 14.6 Å². The molecule has 2 atom stereocenters. The van der Waals surface area contributed by atoms with Gasteiger partial charge in [0.25, 0.3) is 5.91 Å². The maximum absolute atomic E-state index is 13.2. The average Bonchev–Trinajstić information content (AvgIpc) is 3.75. The first kappa shape index (κ1) is 26.6. The van der Waals surface area contributed by atoms with E-state index in [1.165, 1.54) is 0 Å². The van der Waals surface area contributed by atoms with E-state index in [1.807, 2.05) is 31.2 Å². The molecule has 1 fully saturated rings. The van der Waals surface area contributed by atoms with E-state index in [2.05, 4.69) is 16.0 Å². The fourth-order valence-electron chi connectivity index (χ4n) is 5.21. The number of nitrogens with one attached hydrogen (secondary N) is 1. The number of carboxylic acids is 1. The number of fused-ring (bicyclic) bond motifs is 1. The summed E-state index contributed by atoms with van der Waals surface area (Å²) in [5.41, 5.74) is 5.29. The molecule has 41 heavy (non-hydrogen) atoms. The van der Waals surface area contributed by atoms with Crippen molar-refractivity contribution in [3.63, 3.8) is 0 Å². The number of nitrogens with zero attached hydrogens (tertiary/aromatic N) is 2. The van der Waals surface area contributed by atoms with Crippen LogP contribution in [0.5, 0.6) is 0 Å². The molecule has 2 heterocycles. The number of rotatable bonds is 8. The van der Waals surface area contributed by atoms with Gasteiger partial charge in [-0.1, -0.05) is 67.6 Å². The molecule has 8 nitrogen and oxygen atoms in total. The fourth-order valence-corrected chi connectivity index (χ4v) is 5.77. The van der Waals surface area contributed by atoms with Gasteiger partial charge in [-0.15, -0.1) is 0 Å². The van der Waals surface area contributed by atoms with E-state index in [1.54, 1.807) is 60.7 Å². The fraction of sp³-hybridized carbons (Fsp3) is 0.156. The molecule has 2 N–H and O–H groups in total. The van der Waals surface area contributed by atoms with Gasteiger partial charge in [0, 0.05) is 28.1 Å². The van der Waals surface area contributed by atoms with Crippen LogP contribution in [0, 0.1) is 0 Å². The zero-order valence-electron chi connectivity index (χ0n) is 22.1. The molecule has 1 amide bonds. The number of pyridine rings is 1. The Bertz CT molecular complexity index is 1800. The van der Waals surface area contributed by atoms with E-state index in [9.17, 15) is 23.5 Å². The molecule has 0 bridgehead atoms. The van der Waals surface area contributed by atoms with Gasteiger partial charge in [-0.3, -0.25) is 9.00 Å². The van der Waals surface area contributed by atoms with Crippen LogP contribution in [0.4, 0.5) is 5.69 Å². The minimum absolute atomic E-state index is 0.0112. The minimum Gasteiger partial charge on any atom is -0.755 e. The second-order valence-corrected chi connectivity index (χ2v) is 11.0. The van der Waals surface area contributed by atoms with E-state index >= 15 is 0 Å². The predicted molar refractivity (Wildman–Crippen MR) is 157 cm³/mol. The molecule has 2 unspecified atom stereocenters. The monoisotopic (exact) mass is 564 g/mol. The van der Waals surface area contributed by atoms with Crippen molar-refractivity contribution in [2.24, 2.45) is 0 Å². The summed E-state index contributed by atoms with van der Waals surface area (Å²) in [4.78, 5) is 32.7. The number of H-pyrrole nitrogens is 1. The molecule has 0 saturated heterocycles. The first-order valence-electron chi connectivity index (χ1n) is 13.3. The van der Waals surface area contributed by atoms with Crippen molar-refractivity contribution in [1.82, 2.24) is 9.97 Å². The van der Waals surface area contributed by atoms with Crippen LogP contribution in [0.2, 0.25) is 0 Å². The maximum Gasteiger partial charge on any atom is 0.354 e. The number of benzene rings is 3. The Morgan fingerprint density at radius 1 is 1.00 bits per heavy atom. The number of aromatic nitrogens is 2. The third-order valence-corrected chi connectivity index (χ3v) is 8.22. The number of hydrogen-bond acceptors (Lipinski definition) is 5. The molecule has 9 heteroatoms. The molecule has 1 aliphatic rings. The van der Waals surface area contributed by atoms with Crippen LogP contribution < -0.4 is 4.31 Å². The lowest BCUT2D eigenvalue weighted by Gasteiger charge is -2.27. The number of para-hydroxylation sites is 1. The first-order valence-corrected chi connectivity index (χ1v) is 14.3. The third-order valence-electron chi connectivity index (χ3n) is 7.55. The van der Waals surface area contributed by atoms with Gasteiger partial charge in [-0.25, -0.2) is 14.1 Å². The molecule has 0 aliphatic heterocycles. The summed E-state index contributed by atoms with van der Waals surface area (Å²) in [6.07, 6.45) is 2.22. The Morgan fingerprint density at radius 3 is 2.34 bits per heavy atom. The van der Waals surface area contributed by atoms with E-state index in [4.69, 9.17) is 0 Å². The Labute approximate surface area is 239 Å². The number of hydrogen-bond donors (Lipinski definition) is 2. The van der Waals surface area contributed by atoms with Crippen molar-refractivity contribution in [3.8, 4) is 11.1 Å². The summed E-state index contributed by atoms with van der Waals surface area (Å²) < 4.78 is 25.3. The zero-order chi connectivity index (χ0) is 28.7. The van der Waals surface area contributed by atoms with E-state index in [0.717, 1.165) is 44.9 Å². The van der Waals surface area contributed by atoms with Crippen molar-refractivity contribution < 1.29 is 23.5 Å². The summed E-state index contributed by atoms with van der Waals surface area (Å²) in [6.45, 7) is 2.02. The van der Waals surface area contributed by atoms with E-state index in [-0.39, 0.29) is 22.9 Å². The van der Waals surface area contributed by atoms with Crippen LogP contribution in [-0.2, 0) is 11.3 Å². The number of carbonyl (C=O) groups excluding carboxylic acids is 1. The summed E-state index contributed by atoms with van der Waals surface area (Å²) in [6, 6.07) is 26.5. The molecular formula is C32H26N3O5S-. The number of carbonyl (C=O) groups is 2. The highest BCUT2D eigenvalue weighted by atomic mass is 32.2. The van der Waals surface area contributed by atoms with Crippen molar-refractivity contribution in [2.75, 3.05) is 4.31 Å². The molecule has 5 aromatic rings. The maximum atomic E-state index is 13.2. The quantitative estimate of drug-likeness (QED) is 0.210. The van der Waals surface area contributed by atoms with Gasteiger partial charge in [0.05, 0.1) is 17.0 Å². The van der Waals surface area contributed by atoms with Crippen LogP contribution >= 0.6 is 0 Å². The molecule has 206 valence electrons. The Kier molecular flexibility index (Phi) is 6.98. The lowest BCUT2D eigenvalue weighted by atomic mass is 9.90. The van der Waals surface area contributed by atoms with Crippen LogP contribution in [0.1, 0.15) is 69.3 Å². The van der Waals surface area contributed by atoms with Gasteiger partial charge in [0.2, 0.25) is 0 Å². The molecular weight excluding hydrogens is 538 g/mol. The van der Waals surface area contributed by atoms with Gasteiger partial charge in [-0.2, -0.15) is 0 Å². The summed E-state index contributed by atoms with van der Waals surface area (Å²) >= 11 is -2.85. The lowest BCUT2D eigenvalue weighted by molar-refractivity contribution is 0.0690. The lowest BCUT2D eigenvalue weighted by Crippen LogP contribution is -2.33. The molecule has 1 saturated carbocycles. The molecule has 0 radical (unpaired) electrons. The molecule has 0 spiro atoms. The summed E-state index contributed by atoms with van der Waals surface area (Å²) in [7, 11) is 0. The van der Waals surface area contributed by atoms with Crippen LogP contribution in [0.25, 0.3) is 22.2 Å². The van der Waals surface area contributed by atoms with E-state index < -0.39 is 23.1 Å². The Balaban J connectivity index is 1.36. The first-order chi connectivity index (χ1) is 19.8. The second kappa shape index (κ2) is 10.8. The highest BCUT2D eigenvalue weighted by Crippen LogP contribution is 2.42. The van der Waals surface area contributed by atoms with Gasteiger partial charge >= 0.3 is 5.97 Å². The molecule has 2 aromatic heterocycles. The van der Waals surface area contributed by atoms with Crippen molar-refractivity contribution >= 4 is 39.9 Å². The topological polar surface area (TPSA) is 126 Å². The molecule has 6 rings (SSSR count). The minimum atomic E-state index is -2.85. The van der Waals surface area contributed by atoms with Crippen LogP contribution in [-0.4, -0.2) is 35.7 Å². The van der Waals surface area contributed by atoms with Gasteiger partial charge in [0.1, 0.15) is 5.65 Å². The Hall–Kier alpha value is -4.60. The van der Waals surface area contributed by atoms with Gasteiger partial charge in [0.15, 0.2) is 5.69 Å². The zero-order valence-corrected chi connectivity index (χ0v) is 22.9. The average molecular weight is 565 g/mol. The van der Waals surface area contributed by atoms with Crippen molar-refractivity contribution in [3.05, 3.63) is 119 Å². The smallest absolute Gasteiger partial charge is 0.354 e. The van der Waals surface area contributed by atoms with Crippen LogP contribution in [0.3, 0.4) is 0 Å². The number of carboxylic acid groups (broad SMARTS) is 1. The largest absolute Gasteiger partial charge is 0.755 e. The summed E-state index contributed by atoms with van der Waals surface area (Å²) in [5.74, 6) is -1.40. The highest BCUT2D eigenvalue weighted by molar-refractivity contribution is 7.81. The third kappa shape index (κ3) is 5.17. The molecule has 3 aromatic carbocycles. The van der Waals surface area contributed by atoms with Crippen LogP contribution in [0.15, 0.2) is 91.0 Å². The normalized spacial score (nSPS) is 14.5. The SMILES string of the molecule is CC(c1ccc(-c2ccccc2N(C(=O)c2ccccc2)S(=O)[O-])cc1)c1cc(C(=O)O)nc2[nH]c(C3CC3)cc12. The van der Waals surface area contributed by atoms with Gasteiger partial charge in [-0.05, 0) is 65.8 Å². The van der Waals surface area contributed by atoms with Crippen molar-refractivity contribution in [1.29, 1.82) is 0 Å². The highest BCUT2D eigenvalue weighted by Gasteiger charge is 2.27. The Morgan fingerprint density at radius 2 is 1.68 bits per heavy atom. The van der Waals surface area contributed by atoms with E-state index in [0.29, 0.717) is 17.1 Å². The number of aromatic amines is 1.